The van der Waals surface area contributed by atoms with E-state index in [0.717, 1.165) is 41.8 Å². The largest absolute Gasteiger partial charge is 0.490 e. The number of nitrogens with zero attached hydrogens (tertiary/aromatic N) is 4. The van der Waals surface area contributed by atoms with Crippen LogP contribution in [0.4, 0.5) is 0 Å². The molecular weight excluding hydrogens is 332 g/mol. The molecule has 26 heavy (non-hydrogen) atoms. The summed E-state index contributed by atoms with van der Waals surface area (Å²) < 4.78 is 7.59. The molecule has 2 aromatic rings. The average molecular weight is 356 g/mol. The van der Waals surface area contributed by atoms with Crippen molar-refractivity contribution >= 4 is 5.91 Å². The smallest absolute Gasteiger partial charge is 0.253 e. The lowest BCUT2D eigenvalue weighted by molar-refractivity contribution is 0.0689. The van der Waals surface area contributed by atoms with Gasteiger partial charge in [-0.1, -0.05) is 5.21 Å². The van der Waals surface area contributed by atoms with E-state index in [1.807, 2.05) is 40.9 Å². The minimum Gasteiger partial charge on any atom is -0.490 e. The molecule has 1 atom stereocenters. The van der Waals surface area contributed by atoms with Gasteiger partial charge in [-0.05, 0) is 43.5 Å². The molecule has 1 saturated heterocycles. The lowest BCUT2D eigenvalue weighted by Gasteiger charge is -2.32. The summed E-state index contributed by atoms with van der Waals surface area (Å²) in [5.74, 6) is 0.989. The summed E-state index contributed by atoms with van der Waals surface area (Å²) in [6, 6.07) is 6.01. The van der Waals surface area contributed by atoms with Crippen LogP contribution in [-0.4, -0.2) is 56.7 Å². The van der Waals surface area contributed by atoms with E-state index in [-0.39, 0.29) is 24.7 Å². The van der Waals surface area contributed by atoms with E-state index in [1.54, 1.807) is 0 Å². The lowest BCUT2D eigenvalue weighted by Crippen LogP contribution is -2.39. The maximum absolute atomic E-state index is 12.8. The summed E-state index contributed by atoms with van der Waals surface area (Å²) in [5.41, 5.74) is 2.67. The van der Waals surface area contributed by atoms with Crippen molar-refractivity contribution in [3.63, 3.8) is 0 Å². The predicted octanol–water partition coefficient (Wildman–Crippen LogP) is 1.61. The predicted molar refractivity (Wildman–Crippen MR) is 95.2 cm³/mol. The Kier molecular flexibility index (Phi) is 4.63. The Hall–Kier alpha value is -2.41. The van der Waals surface area contributed by atoms with Gasteiger partial charge in [-0.25, -0.2) is 4.68 Å². The molecule has 0 aliphatic carbocycles. The number of aromatic nitrogens is 3. The third kappa shape index (κ3) is 3.31. The SMILES string of the molecule is C[C@H]1Cc2cc(C(=O)N3CCC(n4cc(CCO)nn4)CC3)ccc2O1. The fraction of sp³-hybridized carbons (Fsp3) is 0.526. The standard InChI is InChI=1S/C19H24N4O3/c1-13-10-15-11-14(2-3-18(15)26-13)19(25)22-7-4-17(5-8-22)23-12-16(6-9-24)20-21-23/h2-3,11-13,17,24H,4-10H2,1H3/t13-/m0/s1. The molecule has 3 heterocycles. The quantitative estimate of drug-likeness (QED) is 0.900. The summed E-state index contributed by atoms with van der Waals surface area (Å²) in [5, 5.41) is 17.2. The third-order valence-electron chi connectivity index (χ3n) is 5.19. The molecule has 0 unspecified atom stereocenters. The van der Waals surface area contributed by atoms with Gasteiger partial charge in [0.25, 0.3) is 5.91 Å². The van der Waals surface area contributed by atoms with Gasteiger partial charge >= 0.3 is 0 Å². The zero-order chi connectivity index (χ0) is 18.1. The van der Waals surface area contributed by atoms with Crippen molar-refractivity contribution in [2.45, 2.75) is 44.8 Å². The maximum Gasteiger partial charge on any atom is 0.253 e. The maximum atomic E-state index is 12.8. The summed E-state index contributed by atoms with van der Waals surface area (Å²) in [4.78, 5) is 14.8. The number of piperidine rings is 1. The molecule has 2 aliphatic rings. The molecule has 0 saturated carbocycles. The van der Waals surface area contributed by atoms with Crippen molar-refractivity contribution in [2.75, 3.05) is 19.7 Å². The Bertz CT molecular complexity index is 796. The van der Waals surface area contributed by atoms with Gasteiger partial charge in [0.15, 0.2) is 0 Å². The van der Waals surface area contributed by atoms with Crippen LogP contribution >= 0.6 is 0 Å². The van der Waals surface area contributed by atoms with Crippen LogP contribution in [0.25, 0.3) is 0 Å². The highest BCUT2D eigenvalue weighted by atomic mass is 16.5. The average Bonchev–Trinajstić information content (AvgIpc) is 3.26. The summed E-state index contributed by atoms with van der Waals surface area (Å²) in [6.07, 6.45) is 5.20. The van der Waals surface area contributed by atoms with E-state index in [9.17, 15) is 4.79 Å². The fourth-order valence-corrected chi connectivity index (χ4v) is 3.79. The van der Waals surface area contributed by atoms with Crippen molar-refractivity contribution in [1.82, 2.24) is 19.9 Å². The summed E-state index contributed by atoms with van der Waals surface area (Å²) >= 11 is 0. The van der Waals surface area contributed by atoms with Crippen LogP contribution in [0.15, 0.2) is 24.4 Å². The first-order valence-corrected chi connectivity index (χ1v) is 9.24. The first-order valence-electron chi connectivity index (χ1n) is 9.24. The zero-order valence-corrected chi connectivity index (χ0v) is 15.0. The van der Waals surface area contributed by atoms with E-state index in [4.69, 9.17) is 9.84 Å². The van der Waals surface area contributed by atoms with Crippen molar-refractivity contribution in [3.05, 3.63) is 41.2 Å². The third-order valence-corrected chi connectivity index (χ3v) is 5.19. The molecular formula is C19H24N4O3. The second-order valence-corrected chi connectivity index (χ2v) is 7.14. The second kappa shape index (κ2) is 7.07. The molecule has 2 aliphatic heterocycles. The Labute approximate surface area is 152 Å². The van der Waals surface area contributed by atoms with E-state index in [0.29, 0.717) is 19.5 Å². The lowest BCUT2D eigenvalue weighted by atomic mass is 10.0. The minimum atomic E-state index is 0.0796. The normalized spacial score (nSPS) is 20.1. The molecule has 7 nitrogen and oxygen atoms in total. The van der Waals surface area contributed by atoms with Crippen LogP contribution in [-0.2, 0) is 12.8 Å². The highest BCUT2D eigenvalue weighted by molar-refractivity contribution is 5.94. The number of aliphatic hydroxyl groups is 1. The Morgan fingerprint density at radius 1 is 1.35 bits per heavy atom. The number of carbonyl (C=O) groups excluding carboxylic acids is 1. The van der Waals surface area contributed by atoms with Crippen LogP contribution in [0.3, 0.4) is 0 Å². The van der Waals surface area contributed by atoms with Crippen LogP contribution in [0.5, 0.6) is 5.75 Å². The van der Waals surface area contributed by atoms with Gasteiger partial charge in [-0.3, -0.25) is 4.79 Å². The van der Waals surface area contributed by atoms with Gasteiger partial charge in [0.05, 0.1) is 11.7 Å². The van der Waals surface area contributed by atoms with Crippen molar-refractivity contribution in [2.24, 2.45) is 0 Å². The molecule has 1 aromatic carbocycles. The van der Waals surface area contributed by atoms with Crippen molar-refractivity contribution < 1.29 is 14.6 Å². The molecule has 0 bridgehead atoms. The Morgan fingerprint density at radius 2 is 2.15 bits per heavy atom. The molecule has 0 radical (unpaired) electrons. The number of amides is 1. The number of likely N-dealkylation sites (tertiary alicyclic amines) is 1. The highest BCUT2D eigenvalue weighted by Crippen LogP contribution is 2.30. The van der Waals surface area contributed by atoms with Gasteiger partial charge in [0.1, 0.15) is 11.9 Å². The van der Waals surface area contributed by atoms with Gasteiger partial charge < -0.3 is 14.7 Å². The molecule has 1 amide bonds. The van der Waals surface area contributed by atoms with Gasteiger partial charge in [0, 0.05) is 44.3 Å². The number of hydrogen-bond acceptors (Lipinski definition) is 5. The molecule has 1 fully saturated rings. The minimum absolute atomic E-state index is 0.0796. The number of ether oxygens (including phenoxy) is 1. The van der Waals surface area contributed by atoms with E-state index in [1.165, 1.54) is 0 Å². The number of carbonyl (C=O) groups is 1. The van der Waals surface area contributed by atoms with Gasteiger partial charge in [-0.2, -0.15) is 0 Å². The number of rotatable bonds is 4. The number of hydrogen-bond donors (Lipinski definition) is 1. The zero-order valence-electron chi connectivity index (χ0n) is 15.0. The topological polar surface area (TPSA) is 80.5 Å². The summed E-state index contributed by atoms with van der Waals surface area (Å²) in [6.45, 7) is 3.55. The molecule has 7 heteroatoms. The number of aliphatic hydroxyl groups excluding tert-OH is 1. The molecule has 138 valence electrons. The molecule has 1 aromatic heterocycles. The second-order valence-electron chi connectivity index (χ2n) is 7.14. The van der Waals surface area contributed by atoms with Gasteiger partial charge in [0.2, 0.25) is 0 Å². The molecule has 0 spiro atoms. The Balaban J connectivity index is 1.38. The molecule has 1 N–H and O–H groups in total. The first kappa shape index (κ1) is 17.0. The van der Waals surface area contributed by atoms with Crippen LogP contribution in [0.1, 0.15) is 47.4 Å². The number of benzene rings is 1. The van der Waals surface area contributed by atoms with Crippen LogP contribution < -0.4 is 4.74 Å². The van der Waals surface area contributed by atoms with Crippen molar-refractivity contribution in [3.8, 4) is 5.75 Å². The highest BCUT2D eigenvalue weighted by Gasteiger charge is 2.27. The van der Waals surface area contributed by atoms with Crippen LogP contribution in [0.2, 0.25) is 0 Å². The number of fused-ring (bicyclic) bond motifs is 1. The first-order chi connectivity index (χ1) is 12.6. The fourth-order valence-electron chi connectivity index (χ4n) is 3.79. The Morgan fingerprint density at radius 3 is 2.92 bits per heavy atom. The van der Waals surface area contributed by atoms with Gasteiger partial charge in [-0.15, -0.1) is 5.10 Å². The monoisotopic (exact) mass is 356 g/mol. The van der Waals surface area contributed by atoms with E-state index < -0.39 is 0 Å². The van der Waals surface area contributed by atoms with Crippen LogP contribution in [0, 0.1) is 0 Å². The van der Waals surface area contributed by atoms with E-state index >= 15 is 0 Å². The molecule has 4 rings (SSSR count). The van der Waals surface area contributed by atoms with Crippen molar-refractivity contribution in [1.29, 1.82) is 0 Å². The van der Waals surface area contributed by atoms with E-state index in [2.05, 4.69) is 10.3 Å². The summed E-state index contributed by atoms with van der Waals surface area (Å²) in [7, 11) is 0.